The van der Waals surface area contributed by atoms with Crippen molar-refractivity contribution in [2.24, 2.45) is 0 Å². The SMILES string of the molecule is CCCCCCC(=O)Oc1cc(OC(F)(F)F)ccc1C(=O)O. The molecule has 0 unspecified atom stereocenters. The van der Waals surface area contributed by atoms with E-state index in [-0.39, 0.29) is 6.42 Å². The maximum Gasteiger partial charge on any atom is 0.573 e. The van der Waals surface area contributed by atoms with Crippen LogP contribution in [0.1, 0.15) is 49.4 Å². The first-order chi connectivity index (χ1) is 10.7. The first kappa shape index (κ1) is 18.8. The summed E-state index contributed by atoms with van der Waals surface area (Å²) in [6, 6.07) is 2.47. The van der Waals surface area contributed by atoms with E-state index in [2.05, 4.69) is 4.74 Å². The van der Waals surface area contributed by atoms with Gasteiger partial charge in [0.15, 0.2) is 0 Å². The third-order valence-corrected chi connectivity index (χ3v) is 2.88. The van der Waals surface area contributed by atoms with E-state index in [1.54, 1.807) is 0 Å². The van der Waals surface area contributed by atoms with Gasteiger partial charge in [0.1, 0.15) is 17.1 Å². The van der Waals surface area contributed by atoms with Gasteiger partial charge in [0, 0.05) is 12.5 Å². The number of alkyl halides is 3. The molecule has 1 aromatic rings. The molecule has 23 heavy (non-hydrogen) atoms. The Kier molecular flexibility index (Phi) is 6.87. The highest BCUT2D eigenvalue weighted by Gasteiger charge is 2.31. The zero-order chi connectivity index (χ0) is 17.5. The monoisotopic (exact) mass is 334 g/mol. The zero-order valence-corrected chi connectivity index (χ0v) is 12.5. The van der Waals surface area contributed by atoms with Gasteiger partial charge in [-0.3, -0.25) is 4.79 Å². The fourth-order valence-electron chi connectivity index (χ4n) is 1.83. The molecule has 0 aliphatic rings. The van der Waals surface area contributed by atoms with Crippen LogP contribution in [0.3, 0.4) is 0 Å². The van der Waals surface area contributed by atoms with Gasteiger partial charge in [-0.15, -0.1) is 13.2 Å². The number of unbranched alkanes of at least 4 members (excludes halogenated alkanes) is 3. The third-order valence-electron chi connectivity index (χ3n) is 2.88. The van der Waals surface area contributed by atoms with Crippen molar-refractivity contribution in [3.63, 3.8) is 0 Å². The van der Waals surface area contributed by atoms with Crippen LogP contribution >= 0.6 is 0 Å². The van der Waals surface area contributed by atoms with Gasteiger partial charge in [-0.2, -0.15) is 0 Å². The maximum absolute atomic E-state index is 12.2. The fourth-order valence-corrected chi connectivity index (χ4v) is 1.83. The van der Waals surface area contributed by atoms with Gasteiger partial charge in [0.25, 0.3) is 0 Å². The van der Waals surface area contributed by atoms with Crippen LogP contribution in [-0.2, 0) is 4.79 Å². The van der Waals surface area contributed by atoms with Crippen molar-refractivity contribution in [2.75, 3.05) is 0 Å². The number of benzene rings is 1. The minimum atomic E-state index is -4.92. The normalized spacial score (nSPS) is 11.1. The molecule has 1 N–H and O–H groups in total. The summed E-state index contributed by atoms with van der Waals surface area (Å²) in [4.78, 5) is 22.7. The Balaban J connectivity index is 2.82. The number of halogens is 3. The Morgan fingerprint density at radius 3 is 2.43 bits per heavy atom. The number of carboxylic acid groups (broad SMARTS) is 1. The maximum atomic E-state index is 12.2. The third kappa shape index (κ3) is 7.03. The molecule has 0 fully saturated rings. The minimum Gasteiger partial charge on any atom is -0.478 e. The summed E-state index contributed by atoms with van der Waals surface area (Å²) in [6.45, 7) is 2.00. The predicted octanol–water partition coefficient (Wildman–Crippen LogP) is 4.16. The molecule has 0 spiro atoms. The summed E-state index contributed by atoms with van der Waals surface area (Å²) < 4.78 is 45.1. The Morgan fingerprint density at radius 2 is 1.87 bits per heavy atom. The van der Waals surface area contributed by atoms with Crippen LogP contribution in [0, 0.1) is 0 Å². The molecular weight excluding hydrogens is 317 g/mol. The van der Waals surface area contributed by atoms with E-state index >= 15 is 0 Å². The summed E-state index contributed by atoms with van der Waals surface area (Å²) >= 11 is 0. The average Bonchev–Trinajstić information content (AvgIpc) is 2.41. The van der Waals surface area contributed by atoms with Crippen LogP contribution in [-0.4, -0.2) is 23.4 Å². The lowest BCUT2D eigenvalue weighted by atomic mass is 10.1. The van der Waals surface area contributed by atoms with Gasteiger partial charge < -0.3 is 14.6 Å². The van der Waals surface area contributed by atoms with Crippen LogP contribution in [0.2, 0.25) is 0 Å². The number of carbonyl (C=O) groups excluding carboxylic acids is 1. The molecule has 0 saturated heterocycles. The number of ether oxygens (including phenoxy) is 2. The summed E-state index contributed by atoms with van der Waals surface area (Å²) in [5, 5.41) is 8.99. The van der Waals surface area contributed by atoms with Crippen molar-refractivity contribution in [1.29, 1.82) is 0 Å². The molecule has 0 radical (unpaired) electrons. The van der Waals surface area contributed by atoms with Crippen LogP contribution < -0.4 is 9.47 Å². The van der Waals surface area contributed by atoms with Crippen LogP contribution in [0.5, 0.6) is 11.5 Å². The molecule has 1 rings (SSSR count). The summed E-state index contributed by atoms with van der Waals surface area (Å²) in [5.74, 6) is -3.25. The van der Waals surface area contributed by atoms with Crippen LogP contribution in [0.25, 0.3) is 0 Å². The molecule has 0 aliphatic carbocycles. The molecule has 5 nitrogen and oxygen atoms in total. The number of hydrogen-bond acceptors (Lipinski definition) is 4. The molecule has 0 saturated carbocycles. The molecule has 8 heteroatoms. The molecule has 0 heterocycles. The first-order valence-corrected chi connectivity index (χ1v) is 7.06. The Morgan fingerprint density at radius 1 is 1.17 bits per heavy atom. The highest BCUT2D eigenvalue weighted by Crippen LogP contribution is 2.29. The van der Waals surface area contributed by atoms with E-state index in [0.717, 1.165) is 37.5 Å². The second-order valence-corrected chi connectivity index (χ2v) is 4.80. The second-order valence-electron chi connectivity index (χ2n) is 4.80. The van der Waals surface area contributed by atoms with E-state index in [0.29, 0.717) is 6.42 Å². The van der Waals surface area contributed by atoms with Crippen molar-refractivity contribution in [1.82, 2.24) is 0 Å². The standard InChI is InChI=1S/C15H17F3O5/c1-2-3-4-5-6-13(19)22-12-9-10(23-15(16,17)18)7-8-11(12)14(20)21/h7-9H,2-6H2,1H3,(H,20,21). The smallest absolute Gasteiger partial charge is 0.478 e. The number of carboxylic acids is 1. The highest BCUT2D eigenvalue weighted by molar-refractivity contribution is 5.92. The second kappa shape index (κ2) is 8.40. The van der Waals surface area contributed by atoms with E-state index in [1.165, 1.54) is 0 Å². The van der Waals surface area contributed by atoms with E-state index in [9.17, 15) is 22.8 Å². The molecule has 0 atom stereocenters. The molecule has 0 bridgehead atoms. The van der Waals surface area contributed by atoms with E-state index in [1.807, 2.05) is 6.92 Å². The molecule has 0 amide bonds. The van der Waals surface area contributed by atoms with E-state index in [4.69, 9.17) is 9.84 Å². The van der Waals surface area contributed by atoms with Crippen molar-refractivity contribution in [2.45, 2.75) is 45.4 Å². The largest absolute Gasteiger partial charge is 0.573 e. The number of hydrogen-bond donors (Lipinski definition) is 1. The topological polar surface area (TPSA) is 72.8 Å². The molecule has 0 aliphatic heterocycles. The lowest BCUT2D eigenvalue weighted by molar-refractivity contribution is -0.274. The Bertz CT molecular complexity index is 555. The fraction of sp³-hybridized carbons (Fsp3) is 0.467. The van der Waals surface area contributed by atoms with Crippen LogP contribution in [0.4, 0.5) is 13.2 Å². The number of carbonyl (C=O) groups is 2. The van der Waals surface area contributed by atoms with Crippen molar-refractivity contribution < 1.29 is 37.3 Å². The number of esters is 1. The Labute approximate surface area is 131 Å². The number of rotatable bonds is 8. The minimum absolute atomic E-state index is 0.0589. The lowest BCUT2D eigenvalue weighted by Crippen LogP contribution is -2.17. The van der Waals surface area contributed by atoms with Gasteiger partial charge in [0.2, 0.25) is 0 Å². The number of aromatic carboxylic acids is 1. The Hall–Kier alpha value is -2.25. The highest BCUT2D eigenvalue weighted by atomic mass is 19.4. The van der Waals surface area contributed by atoms with Gasteiger partial charge >= 0.3 is 18.3 Å². The van der Waals surface area contributed by atoms with Crippen molar-refractivity contribution in [3.8, 4) is 11.5 Å². The zero-order valence-electron chi connectivity index (χ0n) is 12.5. The predicted molar refractivity (Wildman–Crippen MR) is 74.5 cm³/mol. The van der Waals surface area contributed by atoms with Gasteiger partial charge in [0.05, 0.1) is 0 Å². The van der Waals surface area contributed by atoms with Crippen LogP contribution in [0.15, 0.2) is 18.2 Å². The molecule has 1 aromatic carbocycles. The summed E-state index contributed by atoms with van der Waals surface area (Å²) in [7, 11) is 0. The van der Waals surface area contributed by atoms with Gasteiger partial charge in [-0.1, -0.05) is 26.2 Å². The van der Waals surface area contributed by atoms with Crippen molar-refractivity contribution in [3.05, 3.63) is 23.8 Å². The molecule has 0 aromatic heterocycles. The average molecular weight is 334 g/mol. The first-order valence-electron chi connectivity index (χ1n) is 7.06. The van der Waals surface area contributed by atoms with Crippen molar-refractivity contribution >= 4 is 11.9 Å². The lowest BCUT2D eigenvalue weighted by Gasteiger charge is -2.12. The quantitative estimate of drug-likeness (QED) is 0.439. The summed E-state index contributed by atoms with van der Waals surface area (Å²) in [6.07, 6.45) is -1.56. The molecule has 128 valence electrons. The summed E-state index contributed by atoms with van der Waals surface area (Å²) in [5.41, 5.74) is -0.415. The molecular formula is C15H17F3O5. The van der Waals surface area contributed by atoms with E-state index < -0.39 is 35.4 Å². The van der Waals surface area contributed by atoms with Gasteiger partial charge in [-0.05, 0) is 18.6 Å². The van der Waals surface area contributed by atoms with Gasteiger partial charge in [-0.25, -0.2) is 4.79 Å².